The average Bonchev–Trinajstić information content (AvgIpc) is 3.64. The van der Waals surface area contributed by atoms with E-state index in [2.05, 4.69) is 16.9 Å². The first kappa shape index (κ1) is 30.4. The smallest absolute Gasteiger partial charge is 0.253 e. The number of benzene rings is 2. The molecule has 43 heavy (non-hydrogen) atoms. The highest BCUT2D eigenvalue weighted by Gasteiger charge is 2.54. The maximum absolute atomic E-state index is 15.6. The third-order valence-corrected chi connectivity index (χ3v) is 10.7. The van der Waals surface area contributed by atoms with Gasteiger partial charge in [-0.1, -0.05) is 18.2 Å². The molecule has 0 atom stereocenters. The van der Waals surface area contributed by atoms with Crippen LogP contribution in [0.25, 0.3) is 22.0 Å². The standard InChI is InChI=1S/C33H37FN4O4S/c1-7-10-33(11-12-33)43(41,42)38-18-21(3)30-26(31(39)35-17-27-20(2)13-22(4)36-32(27)40)15-24(16-29(30)38)25-9-8-23(14-28(25)34)19-37(5)6/h7-9,13-16,18H,1,10-12,17,19H2,2-6H3,(H,35,39)(H,36,40). The topological polar surface area (TPSA) is 104 Å². The van der Waals surface area contributed by atoms with Crippen molar-refractivity contribution in [2.45, 2.75) is 57.9 Å². The van der Waals surface area contributed by atoms with Crippen molar-refractivity contribution in [2.75, 3.05) is 14.1 Å². The van der Waals surface area contributed by atoms with E-state index in [0.717, 1.165) is 11.1 Å². The Kier molecular flexibility index (Phi) is 7.96. The predicted molar refractivity (Wildman–Crippen MR) is 168 cm³/mol. The average molecular weight is 605 g/mol. The van der Waals surface area contributed by atoms with Crippen LogP contribution in [0.1, 0.15) is 57.6 Å². The summed E-state index contributed by atoms with van der Waals surface area (Å²) in [6.07, 6.45) is 4.49. The lowest BCUT2D eigenvalue weighted by molar-refractivity contribution is 0.0952. The number of aromatic nitrogens is 2. The van der Waals surface area contributed by atoms with Crippen LogP contribution in [0.15, 0.2) is 60.0 Å². The molecule has 0 saturated heterocycles. The summed E-state index contributed by atoms with van der Waals surface area (Å²) in [5, 5.41) is 3.30. The van der Waals surface area contributed by atoms with Gasteiger partial charge in [0.05, 0.1) is 10.3 Å². The number of allylic oxidation sites excluding steroid dienone is 1. The van der Waals surface area contributed by atoms with Crippen molar-refractivity contribution < 1.29 is 17.6 Å². The number of nitrogens with one attached hydrogen (secondary N) is 2. The van der Waals surface area contributed by atoms with Gasteiger partial charge in [-0.3, -0.25) is 9.59 Å². The molecule has 2 N–H and O–H groups in total. The Labute approximate surface area is 251 Å². The lowest BCUT2D eigenvalue weighted by atomic mass is 9.97. The molecule has 10 heteroatoms. The van der Waals surface area contributed by atoms with Gasteiger partial charge in [-0.15, -0.1) is 6.58 Å². The maximum atomic E-state index is 15.6. The zero-order chi connectivity index (χ0) is 31.3. The zero-order valence-electron chi connectivity index (χ0n) is 25.2. The molecule has 0 radical (unpaired) electrons. The van der Waals surface area contributed by atoms with Gasteiger partial charge in [-0.05, 0) is 101 Å². The molecule has 2 aromatic carbocycles. The van der Waals surface area contributed by atoms with Crippen molar-refractivity contribution in [3.05, 3.63) is 105 Å². The summed E-state index contributed by atoms with van der Waals surface area (Å²) in [6.45, 7) is 9.62. The second-order valence-corrected chi connectivity index (χ2v) is 14.1. The first-order chi connectivity index (χ1) is 20.3. The van der Waals surface area contributed by atoms with Gasteiger partial charge in [0, 0.05) is 47.1 Å². The molecule has 2 aromatic heterocycles. The Morgan fingerprint density at radius 3 is 2.47 bits per heavy atom. The van der Waals surface area contributed by atoms with E-state index in [-0.39, 0.29) is 23.2 Å². The Morgan fingerprint density at radius 2 is 1.86 bits per heavy atom. The minimum Gasteiger partial charge on any atom is -0.348 e. The number of rotatable bonds is 10. The van der Waals surface area contributed by atoms with Gasteiger partial charge >= 0.3 is 0 Å². The number of hydrogen-bond acceptors (Lipinski definition) is 5. The van der Waals surface area contributed by atoms with Crippen LogP contribution in [0, 0.1) is 26.6 Å². The van der Waals surface area contributed by atoms with Crippen LogP contribution in [0.2, 0.25) is 0 Å². The van der Waals surface area contributed by atoms with Crippen LogP contribution < -0.4 is 10.9 Å². The fourth-order valence-electron chi connectivity index (χ4n) is 5.86. The number of carbonyl (C=O) groups excluding carboxylic acids is 1. The lowest BCUT2D eigenvalue weighted by Crippen LogP contribution is -2.29. The molecule has 1 aliphatic carbocycles. The Bertz CT molecular complexity index is 1930. The highest BCUT2D eigenvalue weighted by molar-refractivity contribution is 7.91. The van der Waals surface area contributed by atoms with Crippen LogP contribution in [-0.2, 0) is 23.1 Å². The molecule has 5 rings (SSSR count). The van der Waals surface area contributed by atoms with Gasteiger partial charge in [0.1, 0.15) is 5.82 Å². The summed E-state index contributed by atoms with van der Waals surface area (Å²) in [5.74, 6) is -0.976. The number of hydrogen-bond donors (Lipinski definition) is 2. The first-order valence-electron chi connectivity index (χ1n) is 14.2. The number of halogens is 1. The molecular weight excluding hydrogens is 567 g/mol. The summed E-state index contributed by atoms with van der Waals surface area (Å²) in [4.78, 5) is 31.1. The maximum Gasteiger partial charge on any atom is 0.253 e. The number of nitrogens with zero attached hydrogens (tertiary/aromatic N) is 2. The van der Waals surface area contributed by atoms with E-state index in [4.69, 9.17) is 0 Å². The molecule has 1 fully saturated rings. The van der Waals surface area contributed by atoms with Gasteiger partial charge in [-0.25, -0.2) is 16.8 Å². The summed E-state index contributed by atoms with van der Waals surface area (Å²) in [7, 11) is -0.0780. The molecule has 0 spiro atoms. The molecule has 8 nitrogen and oxygen atoms in total. The minimum atomic E-state index is -3.87. The van der Waals surface area contributed by atoms with E-state index in [1.165, 1.54) is 16.2 Å². The molecule has 1 saturated carbocycles. The van der Waals surface area contributed by atoms with E-state index in [0.29, 0.717) is 59.1 Å². The summed E-state index contributed by atoms with van der Waals surface area (Å²) in [6, 6.07) is 9.99. The molecule has 0 bridgehead atoms. The van der Waals surface area contributed by atoms with Crippen molar-refractivity contribution in [1.82, 2.24) is 19.2 Å². The van der Waals surface area contributed by atoms with Gasteiger partial charge in [-0.2, -0.15) is 0 Å². The highest BCUT2D eigenvalue weighted by atomic mass is 32.2. The molecule has 4 aromatic rings. The van der Waals surface area contributed by atoms with Gasteiger partial charge < -0.3 is 15.2 Å². The van der Waals surface area contributed by atoms with Crippen molar-refractivity contribution in [3.63, 3.8) is 0 Å². The van der Waals surface area contributed by atoms with Crippen molar-refractivity contribution in [1.29, 1.82) is 0 Å². The summed E-state index contributed by atoms with van der Waals surface area (Å²) >= 11 is 0. The van der Waals surface area contributed by atoms with E-state index >= 15 is 4.39 Å². The SMILES string of the molecule is C=CCC1(S(=O)(=O)n2cc(C)c3c(C(=O)NCc4c(C)cc(C)[nH]c4=O)cc(-c4ccc(CN(C)C)cc4F)cc32)CC1. The number of amides is 1. The first-order valence-corrected chi connectivity index (χ1v) is 15.6. The fourth-order valence-corrected chi connectivity index (χ4v) is 7.92. The lowest BCUT2D eigenvalue weighted by Gasteiger charge is -2.17. The molecule has 0 unspecified atom stereocenters. The molecule has 226 valence electrons. The molecule has 0 aliphatic heterocycles. The molecular formula is C33H37FN4O4S. The van der Waals surface area contributed by atoms with Crippen LogP contribution in [0.5, 0.6) is 0 Å². The second-order valence-electron chi connectivity index (χ2n) is 11.9. The quantitative estimate of drug-likeness (QED) is 0.238. The Hall–Kier alpha value is -4.02. The predicted octanol–water partition coefficient (Wildman–Crippen LogP) is 5.34. The third kappa shape index (κ3) is 5.57. The summed E-state index contributed by atoms with van der Waals surface area (Å²) < 4.78 is 43.8. The van der Waals surface area contributed by atoms with Gasteiger partial charge in [0.25, 0.3) is 11.5 Å². The third-order valence-electron chi connectivity index (χ3n) is 8.20. The number of fused-ring (bicyclic) bond motifs is 1. The molecule has 2 heterocycles. The van der Waals surface area contributed by atoms with Crippen LogP contribution >= 0.6 is 0 Å². The number of pyridine rings is 1. The van der Waals surface area contributed by atoms with E-state index in [1.807, 2.05) is 31.1 Å². The van der Waals surface area contributed by atoms with E-state index in [1.54, 1.807) is 45.0 Å². The monoisotopic (exact) mass is 604 g/mol. The largest absolute Gasteiger partial charge is 0.348 e. The number of aromatic amines is 1. The van der Waals surface area contributed by atoms with Crippen molar-refractivity contribution >= 4 is 26.8 Å². The zero-order valence-corrected chi connectivity index (χ0v) is 26.0. The number of aryl methyl sites for hydroxylation is 3. The van der Waals surface area contributed by atoms with Crippen LogP contribution in [-0.4, -0.2) is 47.0 Å². The van der Waals surface area contributed by atoms with Crippen LogP contribution in [0.3, 0.4) is 0 Å². The number of carbonyl (C=O) groups is 1. The van der Waals surface area contributed by atoms with Crippen molar-refractivity contribution in [3.8, 4) is 11.1 Å². The molecule has 1 amide bonds. The van der Waals surface area contributed by atoms with E-state index < -0.39 is 26.5 Å². The summed E-state index contributed by atoms with van der Waals surface area (Å²) in [5.41, 5.74) is 4.09. The van der Waals surface area contributed by atoms with Crippen molar-refractivity contribution in [2.24, 2.45) is 0 Å². The Morgan fingerprint density at radius 1 is 1.14 bits per heavy atom. The van der Waals surface area contributed by atoms with Crippen LogP contribution in [0.4, 0.5) is 4.39 Å². The highest BCUT2D eigenvalue weighted by Crippen LogP contribution is 2.49. The normalized spacial score (nSPS) is 14.3. The fraction of sp³-hybridized carbons (Fsp3) is 0.333. The Balaban J connectivity index is 1.67. The minimum absolute atomic E-state index is 0.0277. The van der Waals surface area contributed by atoms with Gasteiger partial charge in [0.2, 0.25) is 10.0 Å². The number of H-pyrrole nitrogens is 1. The second kappa shape index (κ2) is 11.2. The van der Waals surface area contributed by atoms with Gasteiger partial charge in [0.15, 0.2) is 0 Å². The van der Waals surface area contributed by atoms with E-state index in [9.17, 15) is 18.0 Å². The molecule has 1 aliphatic rings.